The normalized spacial score (nSPS) is 12.7. The first-order valence-electron chi connectivity index (χ1n) is 8.41. The smallest absolute Gasteiger partial charge is 0.394 e. The van der Waals surface area contributed by atoms with E-state index in [2.05, 4.69) is 20.6 Å². The molecule has 1 aromatic heterocycles. The SMILES string of the molecule is CC(C)[C@H](CO)Nc1nc(NCc2ccc([N+](=O)[O-])cc2)cc(C(F)(F)F)n1. The molecule has 0 amide bonds. The minimum Gasteiger partial charge on any atom is -0.394 e. The Morgan fingerprint density at radius 2 is 1.86 bits per heavy atom. The highest BCUT2D eigenvalue weighted by Gasteiger charge is 2.34. The van der Waals surface area contributed by atoms with Gasteiger partial charge in [-0.15, -0.1) is 0 Å². The lowest BCUT2D eigenvalue weighted by Gasteiger charge is -2.21. The predicted molar refractivity (Wildman–Crippen MR) is 96.8 cm³/mol. The Morgan fingerprint density at radius 3 is 2.36 bits per heavy atom. The maximum atomic E-state index is 13.2. The minimum atomic E-state index is -4.67. The van der Waals surface area contributed by atoms with Gasteiger partial charge in [-0.3, -0.25) is 10.1 Å². The summed E-state index contributed by atoms with van der Waals surface area (Å²) in [5, 5.41) is 25.5. The lowest BCUT2D eigenvalue weighted by atomic mass is 10.1. The van der Waals surface area contributed by atoms with E-state index >= 15 is 0 Å². The van der Waals surface area contributed by atoms with Gasteiger partial charge in [-0.1, -0.05) is 26.0 Å². The average Bonchev–Trinajstić information content (AvgIpc) is 2.63. The number of non-ortho nitro benzene ring substituents is 1. The summed E-state index contributed by atoms with van der Waals surface area (Å²) < 4.78 is 39.5. The summed E-state index contributed by atoms with van der Waals surface area (Å²) in [6, 6.07) is 5.87. The van der Waals surface area contributed by atoms with Crippen molar-refractivity contribution in [2.75, 3.05) is 17.2 Å². The molecular formula is C17H20F3N5O3. The summed E-state index contributed by atoms with van der Waals surface area (Å²) in [7, 11) is 0. The topological polar surface area (TPSA) is 113 Å². The fraction of sp³-hybridized carbons (Fsp3) is 0.412. The lowest BCUT2D eigenvalue weighted by molar-refractivity contribution is -0.384. The van der Waals surface area contributed by atoms with Gasteiger partial charge in [0.1, 0.15) is 5.82 Å². The van der Waals surface area contributed by atoms with Gasteiger partial charge in [0.2, 0.25) is 5.95 Å². The molecule has 0 bridgehead atoms. The Kier molecular flexibility index (Phi) is 6.73. The molecule has 0 saturated heterocycles. The first-order valence-corrected chi connectivity index (χ1v) is 8.41. The van der Waals surface area contributed by atoms with Crippen LogP contribution >= 0.6 is 0 Å². The molecule has 2 aromatic rings. The maximum absolute atomic E-state index is 13.2. The van der Waals surface area contributed by atoms with Crippen molar-refractivity contribution in [1.82, 2.24) is 9.97 Å². The van der Waals surface area contributed by atoms with Crippen molar-refractivity contribution >= 4 is 17.5 Å². The Balaban J connectivity index is 2.22. The largest absolute Gasteiger partial charge is 0.433 e. The molecule has 28 heavy (non-hydrogen) atoms. The highest BCUT2D eigenvalue weighted by Crippen LogP contribution is 2.30. The molecule has 0 radical (unpaired) electrons. The van der Waals surface area contributed by atoms with E-state index < -0.39 is 22.8 Å². The Hall–Kier alpha value is -2.95. The van der Waals surface area contributed by atoms with E-state index in [1.54, 1.807) is 13.8 Å². The van der Waals surface area contributed by atoms with Gasteiger partial charge in [0.25, 0.3) is 5.69 Å². The number of aliphatic hydroxyl groups excluding tert-OH is 1. The van der Waals surface area contributed by atoms with E-state index in [0.717, 1.165) is 6.07 Å². The van der Waals surface area contributed by atoms with Crippen LogP contribution in [0.3, 0.4) is 0 Å². The lowest BCUT2D eigenvalue weighted by Crippen LogP contribution is -2.30. The summed E-state index contributed by atoms with van der Waals surface area (Å²) in [6.45, 7) is 3.42. The molecule has 1 atom stereocenters. The van der Waals surface area contributed by atoms with Crippen LogP contribution in [0, 0.1) is 16.0 Å². The summed E-state index contributed by atoms with van der Waals surface area (Å²) >= 11 is 0. The molecule has 2 rings (SSSR count). The second-order valence-electron chi connectivity index (χ2n) is 6.41. The van der Waals surface area contributed by atoms with Crippen LogP contribution in [0.5, 0.6) is 0 Å². The molecular weight excluding hydrogens is 379 g/mol. The molecule has 0 unspecified atom stereocenters. The zero-order chi connectivity index (χ0) is 20.9. The van der Waals surface area contributed by atoms with Crippen molar-refractivity contribution in [2.24, 2.45) is 5.92 Å². The fourth-order valence-electron chi connectivity index (χ4n) is 2.26. The van der Waals surface area contributed by atoms with Gasteiger partial charge < -0.3 is 15.7 Å². The van der Waals surface area contributed by atoms with Crippen LogP contribution in [0.4, 0.5) is 30.6 Å². The number of halogens is 3. The highest BCUT2D eigenvalue weighted by atomic mass is 19.4. The Labute approximate surface area is 159 Å². The molecule has 0 spiro atoms. The van der Waals surface area contributed by atoms with Crippen LogP contribution in [-0.4, -0.2) is 32.6 Å². The number of benzene rings is 1. The monoisotopic (exact) mass is 399 g/mol. The second-order valence-corrected chi connectivity index (χ2v) is 6.41. The number of nitrogens with zero attached hydrogens (tertiary/aromatic N) is 3. The third-order valence-corrected chi connectivity index (χ3v) is 3.95. The zero-order valence-electron chi connectivity index (χ0n) is 15.2. The predicted octanol–water partition coefficient (Wildman–Crippen LogP) is 3.44. The van der Waals surface area contributed by atoms with Gasteiger partial charge in [-0.05, 0) is 11.5 Å². The van der Waals surface area contributed by atoms with Gasteiger partial charge in [0.15, 0.2) is 5.69 Å². The zero-order valence-corrected chi connectivity index (χ0v) is 15.2. The summed E-state index contributed by atoms with van der Waals surface area (Å²) in [4.78, 5) is 17.6. The van der Waals surface area contributed by atoms with Crippen molar-refractivity contribution in [2.45, 2.75) is 32.6 Å². The number of nitro benzene ring substituents is 1. The molecule has 0 aliphatic rings. The third-order valence-electron chi connectivity index (χ3n) is 3.95. The highest BCUT2D eigenvalue weighted by molar-refractivity contribution is 5.44. The first-order chi connectivity index (χ1) is 13.1. The molecule has 0 fully saturated rings. The van der Waals surface area contributed by atoms with Crippen LogP contribution in [0.15, 0.2) is 30.3 Å². The van der Waals surface area contributed by atoms with Crippen LogP contribution in [-0.2, 0) is 12.7 Å². The summed E-state index contributed by atoms with van der Waals surface area (Å²) in [5.41, 5.74) is -0.584. The number of alkyl halides is 3. The molecule has 8 nitrogen and oxygen atoms in total. The van der Waals surface area contributed by atoms with Crippen molar-refractivity contribution in [3.63, 3.8) is 0 Å². The van der Waals surface area contributed by atoms with Crippen molar-refractivity contribution in [3.8, 4) is 0 Å². The van der Waals surface area contributed by atoms with Crippen LogP contribution in [0.25, 0.3) is 0 Å². The maximum Gasteiger partial charge on any atom is 0.433 e. The standard InChI is InChI=1S/C17H20F3N5O3/c1-10(2)13(9-26)22-16-23-14(17(18,19)20)7-15(24-16)21-8-11-3-5-12(6-4-11)25(27)28/h3-7,10,13,26H,8-9H2,1-2H3,(H2,21,22,23,24)/t13-/m0/s1. The summed E-state index contributed by atoms with van der Waals surface area (Å²) in [5.74, 6) is -0.378. The molecule has 0 aliphatic carbocycles. The molecule has 1 heterocycles. The van der Waals surface area contributed by atoms with Crippen LogP contribution in [0.2, 0.25) is 0 Å². The number of nitro groups is 1. The number of aromatic nitrogens is 2. The van der Waals surface area contributed by atoms with Crippen molar-refractivity contribution in [1.29, 1.82) is 0 Å². The van der Waals surface area contributed by atoms with E-state index in [4.69, 9.17) is 0 Å². The van der Waals surface area contributed by atoms with Gasteiger partial charge in [0, 0.05) is 24.7 Å². The van der Waals surface area contributed by atoms with E-state index in [9.17, 15) is 28.4 Å². The molecule has 0 saturated carbocycles. The molecule has 3 N–H and O–H groups in total. The fourth-order valence-corrected chi connectivity index (χ4v) is 2.26. The van der Waals surface area contributed by atoms with Gasteiger partial charge in [0.05, 0.1) is 17.6 Å². The summed E-state index contributed by atoms with van der Waals surface area (Å²) in [6.07, 6.45) is -4.67. The number of hydrogen-bond donors (Lipinski definition) is 3. The Morgan fingerprint density at radius 1 is 1.21 bits per heavy atom. The number of hydrogen-bond acceptors (Lipinski definition) is 7. The Bertz CT molecular complexity index is 813. The second kappa shape index (κ2) is 8.83. The van der Waals surface area contributed by atoms with Crippen LogP contribution in [0.1, 0.15) is 25.1 Å². The van der Waals surface area contributed by atoms with E-state index in [-0.39, 0.29) is 36.5 Å². The van der Waals surface area contributed by atoms with Crippen LogP contribution < -0.4 is 10.6 Å². The third kappa shape index (κ3) is 5.78. The molecule has 1 aromatic carbocycles. The van der Waals surface area contributed by atoms with Crippen molar-refractivity contribution in [3.05, 3.63) is 51.7 Å². The first kappa shape index (κ1) is 21.4. The van der Waals surface area contributed by atoms with E-state index in [1.807, 2.05) is 0 Å². The number of aliphatic hydroxyl groups is 1. The van der Waals surface area contributed by atoms with Gasteiger partial charge in [-0.2, -0.15) is 18.2 Å². The van der Waals surface area contributed by atoms with Gasteiger partial charge in [-0.25, -0.2) is 4.98 Å². The van der Waals surface area contributed by atoms with E-state index in [0.29, 0.717) is 5.56 Å². The average molecular weight is 399 g/mol. The number of anilines is 2. The van der Waals surface area contributed by atoms with Crippen molar-refractivity contribution < 1.29 is 23.2 Å². The molecule has 0 aliphatic heterocycles. The molecule has 152 valence electrons. The number of nitrogens with one attached hydrogen (secondary N) is 2. The van der Waals surface area contributed by atoms with E-state index in [1.165, 1.54) is 24.3 Å². The van der Waals surface area contributed by atoms with Gasteiger partial charge >= 0.3 is 6.18 Å². The molecule has 11 heteroatoms. The number of rotatable bonds is 8. The quantitative estimate of drug-likeness (QED) is 0.460. The minimum absolute atomic E-state index is 0.0559.